The van der Waals surface area contributed by atoms with Crippen LogP contribution in [0.2, 0.25) is 0 Å². The summed E-state index contributed by atoms with van der Waals surface area (Å²) < 4.78 is 0. The fourth-order valence-corrected chi connectivity index (χ4v) is 1.03. The van der Waals surface area contributed by atoms with E-state index in [1.165, 1.54) is 0 Å². The molecule has 0 bridgehead atoms. The van der Waals surface area contributed by atoms with Crippen LogP contribution in [0, 0.1) is 59.5 Å². The fourth-order valence-electron chi connectivity index (χ4n) is 1.03. The Morgan fingerprint density at radius 1 is 0.350 bits per heavy atom. The van der Waals surface area contributed by atoms with Crippen molar-refractivity contribution in [3.05, 3.63) is 109 Å². The summed E-state index contributed by atoms with van der Waals surface area (Å²) in [6, 6.07) is 37.5. The van der Waals surface area contributed by atoms with E-state index in [9.17, 15) is 0 Å². The van der Waals surface area contributed by atoms with Crippen LogP contribution < -0.4 is 0 Å². The SMILES string of the molecule is [B].[Pr+3].[c-]1ccccc1.[c-]1ccccc1.[c-]1ccccc1. The third kappa shape index (κ3) is 15.1. The Balaban J connectivity index is 0. The summed E-state index contributed by atoms with van der Waals surface area (Å²) in [5.41, 5.74) is 0. The third-order valence-electron chi connectivity index (χ3n) is 1.82. The van der Waals surface area contributed by atoms with E-state index in [1.54, 1.807) is 0 Å². The molecule has 0 amide bonds. The van der Waals surface area contributed by atoms with Crippen molar-refractivity contribution in [3.8, 4) is 0 Å². The maximum Gasteiger partial charge on any atom is 3.00 e. The first kappa shape index (κ1) is 21.4. The summed E-state index contributed by atoms with van der Waals surface area (Å²) in [6.45, 7) is 0. The molecule has 0 unspecified atom stereocenters. The Morgan fingerprint density at radius 3 is 0.600 bits per heavy atom. The van der Waals surface area contributed by atoms with Crippen molar-refractivity contribution in [2.75, 3.05) is 0 Å². The Hall–Kier alpha value is -0.911. The Labute approximate surface area is 157 Å². The second kappa shape index (κ2) is 18.1. The fraction of sp³-hybridized carbons (Fsp3) is 0. The minimum Gasteiger partial charge on any atom is -0.184 e. The van der Waals surface area contributed by atoms with Gasteiger partial charge in [-0.2, -0.15) is 109 Å². The summed E-state index contributed by atoms with van der Waals surface area (Å²) in [6.07, 6.45) is 0. The molecule has 0 N–H and O–H groups in total. The Bertz CT molecular complexity index is 302. The number of benzene rings is 3. The van der Waals surface area contributed by atoms with Gasteiger partial charge >= 0.3 is 41.3 Å². The summed E-state index contributed by atoms with van der Waals surface area (Å²) in [5, 5.41) is 0. The number of hydrogen-bond donors (Lipinski definition) is 0. The predicted molar refractivity (Wildman–Crippen MR) is 81.6 cm³/mol. The standard InChI is InChI=1S/3C6H5.B.Pr/c3*1-2-4-6-5-3-1;;/h3*1-5H;;/q3*-1;;+3. The minimum atomic E-state index is 0. The molecule has 2 heteroatoms. The molecule has 0 aromatic heterocycles. The molecule has 0 heterocycles. The first-order valence-electron chi connectivity index (χ1n) is 5.73. The molecule has 0 saturated carbocycles. The van der Waals surface area contributed by atoms with Crippen molar-refractivity contribution >= 4 is 8.41 Å². The molecule has 3 radical (unpaired) electrons. The first-order chi connectivity index (χ1) is 9.00. The van der Waals surface area contributed by atoms with E-state index in [0.29, 0.717) is 0 Å². The summed E-state index contributed by atoms with van der Waals surface area (Å²) in [5.74, 6) is 0. The molecule has 0 atom stereocenters. The van der Waals surface area contributed by atoms with E-state index in [0.717, 1.165) is 0 Å². The van der Waals surface area contributed by atoms with Crippen LogP contribution in [0.15, 0.2) is 91.0 Å². The molecule has 3 rings (SSSR count). The van der Waals surface area contributed by atoms with Gasteiger partial charge in [0.1, 0.15) is 0 Å². The zero-order valence-corrected chi connectivity index (χ0v) is 15.0. The molecule has 3 aromatic carbocycles. The molecule has 0 saturated heterocycles. The number of rotatable bonds is 0. The Morgan fingerprint density at radius 2 is 0.550 bits per heavy atom. The summed E-state index contributed by atoms with van der Waals surface area (Å²) >= 11 is 0. The molecule has 93 valence electrons. The molecule has 20 heavy (non-hydrogen) atoms. The van der Waals surface area contributed by atoms with Gasteiger partial charge < -0.3 is 0 Å². The van der Waals surface area contributed by atoms with Crippen molar-refractivity contribution in [3.63, 3.8) is 0 Å². The van der Waals surface area contributed by atoms with Gasteiger partial charge in [-0.3, -0.25) is 0 Å². The molecule has 0 aliphatic heterocycles. The van der Waals surface area contributed by atoms with Crippen molar-refractivity contribution in [1.29, 1.82) is 0 Å². The molecule has 0 aliphatic carbocycles. The van der Waals surface area contributed by atoms with Crippen LogP contribution in [0.25, 0.3) is 0 Å². The van der Waals surface area contributed by atoms with Gasteiger partial charge in [0.25, 0.3) is 0 Å². The van der Waals surface area contributed by atoms with Crippen LogP contribution in [0.5, 0.6) is 0 Å². The molecular weight excluding hydrogens is 368 g/mol. The smallest absolute Gasteiger partial charge is 0.184 e. The average molecular weight is 383 g/mol. The van der Waals surface area contributed by atoms with Crippen LogP contribution in [0.1, 0.15) is 0 Å². The quantitative estimate of drug-likeness (QED) is 0.406. The normalized spacial score (nSPS) is 7.20. The molecular formula is C18H15BPr. The van der Waals surface area contributed by atoms with Crippen LogP contribution in [-0.4, -0.2) is 8.41 Å². The maximum atomic E-state index is 2.89. The van der Waals surface area contributed by atoms with Crippen LogP contribution in [-0.2, 0) is 0 Å². The zero-order valence-electron chi connectivity index (χ0n) is 11.3. The summed E-state index contributed by atoms with van der Waals surface area (Å²) in [4.78, 5) is 0. The minimum absolute atomic E-state index is 0. The van der Waals surface area contributed by atoms with E-state index in [-0.39, 0.29) is 49.7 Å². The second-order valence-corrected chi connectivity index (χ2v) is 3.23. The van der Waals surface area contributed by atoms with Gasteiger partial charge in [-0.15, -0.1) is 0 Å². The topological polar surface area (TPSA) is 0 Å². The van der Waals surface area contributed by atoms with Gasteiger partial charge in [0, 0.05) is 8.41 Å². The zero-order chi connectivity index (χ0) is 12.7. The third-order valence-corrected chi connectivity index (χ3v) is 1.82. The van der Waals surface area contributed by atoms with E-state index < -0.39 is 0 Å². The van der Waals surface area contributed by atoms with Crippen LogP contribution in [0.4, 0.5) is 0 Å². The van der Waals surface area contributed by atoms with E-state index in [4.69, 9.17) is 0 Å². The summed E-state index contributed by atoms with van der Waals surface area (Å²) in [7, 11) is 0. The van der Waals surface area contributed by atoms with E-state index in [2.05, 4.69) is 18.2 Å². The van der Waals surface area contributed by atoms with Gasteiger partial charge in [-0.05, 0) is 0 Å². The van der Waals surface area contributed by atoms with Gasteiger partial charge in [0.2, 0.25) is 0 Å². The van der Waals surface area contributed by atoms with Crippen LogP contribution >= 0.6 is 0 Å². The van der Waals surface area contributed by atoms with Crippen molar-refractivity contribution in [1.82, 2.24) is 0 Å². The van der Waals surface area contributed by atoms with E-state index in [1.807, 2.05) is 91.0 Å². The van der Waals surface area contributed by atoms with Crippen LogP contribution in [0.3, 0.4) is 0 Å². The molecule has 3 aromatic rings. The molecule has 0 spiro atoms. The largest absolute Gasteiger partial charge is 3.00 e. The molecule has 0 fully saturated rings. The van der Waals surface area contributed by atoms with Gasteiger partial charge in [-0.25, -0.2) is 0 Å². The predicted octanol–water partition coefficient (Wildman–Crippen LogP) is 4.08. The van der Waals surface area contributed by atoms with Crippen molar-refractivity contribution in [2.24, 2.45) is 0 Å². The van der Waals surface area contributed by atoms with Gasteiger partial charge in [0.15, 0.2) is 0 Å². The first-order valence-corrected chi connectivity index (χ1v) is 5.73. The van der Waals surface area contributed by atoms with Gasteiger partial charge in [0.05, 0.1) is 0 Å². The maximum absolute atomic E-state index is 2.89. The van der Waals surface area contributed by atoms with Crippen molar-refractivity contribution in [2.45, 2.75) is 0 Å². The Kier molecular flexibility index (Phi) is 19.3. The average Bonchev–Trinajstić information content (AvgIpc) is 2.54. The molecule has 0 aliphatic rings. The number of hydrogen-bond acceptors (Lipinski definition) is 0. The second-order valence-electron chi connectivity index (χ2n) is 3.23. The van der Waals surface area contributed by atoms with Gasteiger partial charge in [-0.1, -0.05) is 0 Å². The van der Waals surface area contributed by atoms with E-state index >= 15 is 0 Å². The van der Waals surface area contributed by atoms with Crippen molar-refractivity contribution < 1.29 is 41.3 Å². The molecule has 0 nitrogen and oxygen atoms in total. The monoisotopic (exact) mass is 383 g/mol.